The van der Waals surface area contributed by atoms with E-state index in [1.165, 1.54) is 12.3 Å². The Morgan fingerprint density at radius 2 is 2.12 bits per heavy atom. The lowest BCUT2D eigenvalue weighted by Gasteiger charge is -2.13. The Kier molecular flexibility index (Phi) is 4.99. The Morgan fingerprint density at radius 3 is 2.85 bits per heavy atom. The van der Waals surface area contributed by atoms with Crippen molar-refractivity contribution in [3.63, 3.8) is 0 Å². The lowest BCUT2D eigenvalue weighted by atomic mass is 10.0. The molecular formula is C23H24FN7O2. The predicted octanol–water partition coefficient (Wildman–Crippen LogP) is 3.27. The van der Waals surface area contributed by atoms with Gasteiger partial charge < -0.3 is 15.8 Å². The highest BCUT2D eigenvalue weighted by atomic mass is 19.1. The largest absolute Gasteiger partial charge is 0.493 e. The summed E-state index contributed by atoms with van der Waals surface area (Å²) < 4.78 is 23.7. The molecule has 3 N–H and O–H groups in total. The molecule has 0 saturated carbocycles. The maximum absolute atomic E-state index is 14.6. The highest BCUT2D eigenvalue weighted by Crippen LogP contribution is 2.32. The third-order valence-corrected chi connectivity index (χ3v) is 5.84. The molecule has 0 unspecified atom stereocenters. The van der Waals surface area contributed by atoms with E-state index in [1.54, 1.807) is 16.7 Å². The third kappa shape index (κ3) is 3.57. The molecule has 1 aliphatic heterocycles. The zero-order valence-electron chi connectivity index (χ0n) is 18.6. The lowest BCUT2D eigenvalue weighted by Crippen LogP contribution is -2.11. The van der Waals surface area contributed by atoms with Crippen molar-refractivity contribution in [2.75, 3.05) is 11.9 Å². The predicted molar refractivity (Wildman–Crippen MR) is 121 cm³/mol. The summed E-state index contributed by atoms with van der Waals surface area (Å²) in [5.74, 6) is 0.172. The third-order valence-electron chi connectivity index (χ3n) is 5.84. The van der Waals surface area contributed by atoms with Crippen LogP contribution in [0.25, 0.3) is 16.8 Å². The number of nitrogens with one attached hydrogen (secondary N) is 1. The molecule has 0 bridgehead atoms. The van der Waals surface area contributed by atoms with Gasteiger partial charge in [-0.15, -0.1) is 0 Å². The average molecular weight is 449 g/mol. The van der Waals surface area contributed by atoms with Gasteiger partial charge >= 0.3 is 0 Å². The minimum Gasteiger partial charge on any atom is -0.493 e. The number of hydrogen-bond donors (Lipinski definition) is 2. The molecule has 170 valence electrons. The SMILES string of the molecule is Cc1nn(C(C)C)cc1-c1cnc(NCc2c(F)ccc3c2CCO3)n2cc(C(N)=O)nc12. The van der Waals surface area contributed by atoms with E-state index in [1.807, 2.05) is 31.6 Å². The molecule has 0 fully saturated rings. The zero-order valence-corrected chi connectivity index (χ0v) is 18.6. The summed E-state index contributed by atoms with van der Waals surface area (Å²) >= 11 is 0. The Hall–Kier alpha value is -3.95. The first-order valence-corrected chi connectivity index (χ1v) is 10.7. The van der Waals surface area contributed by atoms with Crippen molar-refractivity contribution in [2.24, 2.45) is 5.73 Å². The van der Waals surface area contributed by atoms with E-state index in [0.717, 1.165) is 22.4 Å². The molecule has 10 heteroatoms. The normalized spacial score (nSPS) is 12.9. The highest BCUT2D eigenvalue weighted by molar-refractivity contribution is 5.92. The first-order valence-electron chi connectivity index (χ1n) is 10.7. The van der Waals surface area contributed by atoms with Crippen LogP contribution in [0.5, 0.6) is 5.75 Å². The van der Waals surface area contributed by atoms with Crippen molar-refractivity contribution in [3.05, 3.63) is 59.1 Å². The fraction of sp³-hybridized carbons (Fsp3) is 0.304. The number of benzene rings is 1. The van der Waals surface area contributed by atoms with Crippen molar-refractivity contribution in [1.82, 2.24) is 24.1 Å². The van der Waals surface area contributed by atoms with Crippen LogP contribution in [0.15, 0.2) is 30.7 Å². The van der Waals surface area contributed by atoms with E-state index >= 15 is 0 Å². The summed E-state index contributed by atoms with van der Waals surface area (Å²) in [6, 6.07) is 3.25. The van der Waals surface area contributed by atoms with E-state index < -0.39 is 5.91 Å². The van der Waals surface area contributed by atoms with E-state index in [9.17, 15) is 9.18 Å². The van der Waals surface area contributed by atoms with Crippen LogP contribution in [0.2, 0.25) is 0 Å². The number of rotatable bonds is 6. The van der Waals surface area contributed by atoms with Gasteiger partial charge in [-0.3, -0.25) is 13.9 Å². The van der Waals surface area contributed by atoms with Crippen molar-refractivity contribution >= 4 is 17.5 Å². The van der Waals surface area contributed by atoms with Gasteiger partial charge in [-0.2, -0.15) is 5.10 Å². The molecule has 4 aromatic rings. The maximum Gasteiger partial charge on any atom is 0.268 e. The number of nitrogens with zero attached hydrogens (tertiary/aromatic N) is 5. The molecule has 0 radical (unpaired) electrons. The Bertz CT molecular complexity index is 1390. The summed E-state index contributed by atoms with van der Waals surface area (Å²) in [6.07, 6.45) is 5.81. The second-order valence-corrected chi connectivity index (χ2v) is 8.34. The van der Waals surface area contributed by atoms with Gasteiger partial charge in [0.05, 0.1) is 12.3 Å². The van der Waals surface area contributed by atoms with E-state index in [4.69, 9.17) is 10.5 Å². The molecule has 0 saturated heterocycles. The number of amides is 1. The van der Waals surface area contributed by atoms with Crippen molar-refractivity contribution in [3.8, 4) is 16.9 Å². The molecule has 1 amide bonds. The molecule has 9 nitrogen and oxygen atoms in total. The van der Waals surface area contributed by atoms with Crippen molar-refractivity contribution in [2.45, 2.75) is 39.8 Å². The van der Waals surface area contributed by atoms with Crippen LogP contribution < -0.4 is 15.8 Å². The van der Waals surface area contributed by atoms with E-state index in [0.29, 0.717) is 35.9 Å². The Balaban J connectivity index is 1.57. The number of aromatic nitrogens is 5. The minimum absolute atomic E-state index is 0.112. The van der Waals surface area contributed by atoms with Crippen molar-refractivity contribution < 1.29 is 13.9 Å². The molecule has 1 aromatic carbocycles. The number of carbonyl (C=O) groups excluding carboxylic acids is 1. The average Bonchev–Trinajstić information content (AvgIpc) is 3.51. The number of aryl methyl sites for hydroxylation is 1. The molecule has 0 atom stereocenters. The van der Waals surface area contributed by atoms with Gasteiger partial charge in [0.15, 0.2) is 0 Å². The fourth-order valence-electron chi connectivity index (χ4n) is 4.10. The zero-order chi connectivity index (χ0) is 23.3. The summed E-state index contributed by atoms with van der Waals surface area (Å²) in [4.78, 5) is 20.9. The van der Waals surface area contributed by atoms with Crippen molar-refractivity contribution in [1.29, 1.82) is 0 Å². The van der Waals surface area contributed by atoms with Crippen LogP contribution in [0.4, 0.5) is 10.3 Å². The van der Waals surface area contributed by atoms with Crippen LogP contribution in [-0.4, -0.2) is 36.7 Å². The smallest absolute Gasteiger partial charge is 0.268 e. The number of primary amides is 1. The number of hydrogen-bond acceptors (Lipinski definition) is 6. The summed E-state index contributed by atoms with van der Waals surface area (Å²) in [7, 11) is 0. The number of nitrogens with two attached hydrogens (primary N) is 1. The van der Waals surface area contributed by atoms with E-state index in [2.05, 4.69) is 20.4 Å². The highest BCUT2D eigenvalue weighted by Gasteiger charge is 2.21. The standard InChI is InChI=1S/C23H24FN7O2/c1-12(2)31-10-17(13(3)29-31)16-9-27-23(30-11-19(21(25)32)28-22(16)30)26-8-15-14-6-7-33-20(14)5-4-18(15)24/h4-5,9-12H,6-8H2,1-3H3,(H2,25,32)(H,26,27). The van der Waals surface area contributed by atoms with Gasteiger partial charge in [0, 0.05) is 59.9 Å². The molecular weight excluding hydrogens is 425 g/mol. The molecule has 3 aromatic heterocycles. The minimum atomic E-state index is -0.644. The number of anilines is 1. The Labute approximate surface area is 189 Å². The van der Waals surface area contributed by atoms with Crippen LogP contribution >= 0.6 is 0 Å². The molecule has 4 heterocycles. The first kappa shape index (κ1) is 20.9. The van der Waals surface area contributed by atoms with Crippen LogP contribution in [0.3, 0.4) is 0 Å². The van der Waals surface area contributed by atoms with Crippen LogP contribution in [0, 0.1) is 12.7 Å². The molecule has 33 heavy (non-hydrogen) atoms. The van der Waals surface area contributed by atoms with Crippen LogP contribution in [-0.2, 0) is 13.0 Å². The summed E-state index contributed by atoms with van der Waals surface area (Å²) in [6.45, 7) is 6.74. The number of imidazole rings is 1. The van der Waals surface area contributed by atoms with Gasteiger partial charge in [0.2, 0.25) is 5.95 Å². The first-order chi connectivity index (χ1) is 15.8. The monoisotopic (exact) mass is 449 g/mol. The molecule has 0 aliphatic carbocycles. The maximum atomic E-state index is 14.6. The number of carbonyl (C=O) groups is 1. The number of ether oxygens (including phenoxy) is 1. The lowest BCUT2D eigenvalue weighted by molar-refractivity contribution is 0.0996. The number of halogens is 1. The van der Waals surface area contributed by atoms with Gasteiger partial charge in [0.1, 0.15) is 22.9 Å². The number of fused-ring (bicyclic) bond motifs is 2. The van der Waals surface area contributed by atoms with Gasteiger partial charge in [-0.1, -0.05) is 0 Å². The topological polar surface area (TPSA) is 112 Å². The molecule has 0 spiro atoms. The second kappa shape index (κ2) is 7.88. The summed E-state index contributed by atoms with van der Waals surface area (Å²) in [5.41, 5.74) is 9.91. The van der Waals surface area contributed by atoms with Gasteiger partial charge in [-0.05, 0) is 32.9 Å². The van der Waals surface area contributed by atoms with Crippen LogP contribution in [0.1, 0.15) is 47.2 Å². The molecule has 1 aliphatic rings. The summed E-state index contributed by atoms with van der Waals surface area (Å²) in [5, 5.41) is 7.75. The van der Waals surface area contributed by atoms with Gasteiger partial charge in [-0.25, -0.2) is 14.4 Å². The van der Waals surface area contributed by atoms with E-state index in [-0.39, 0.29) is 24.1 Å². The Morgan fingerprint density at radius 1 is 1.30 bits per heavy atom. The quantitative estimate of drug-likeness (QED) is 0.467. The van der Waals surface area contributed by atoms with Gasteiger partial charge in [0.25, 0.3) is 5.91 Å². The molecule has 5 rings (SSSR count). The second-order valence-electron chi connectivity index (χ2n) is 8.34. The fourth-order valence-corrected chi connectivity index (χ4v) is 4.10.